The zero-order valence-corrected chi connectivity index (χ0v) is 9.57. The Balaban J connectivity index is 3.59. The summed E-state index contributed by atoms with van der Waals surface area (Å²) in [6, 6.07) is 0. The van der Waals surface area contributed by atoms with Crippen LogP contribution in [0.5, 0.6) is 0 Å². The van der Waals surface area contributed by atoms with E-state index in [1.54, 1.807) is 0 Å². The standard InChI is InChI=1S/C8H19NO3S/c1-8(2,3)12-6-5-7-13(10,11)9-4/h9H,5-7H2,1-4H3. The van der Waals surface area contributed by atoms with Crippen molar-refractivity contribution < 1.29 is 13.2 Å². The predicted molar refractivity (Wildman–Crippen MR) is 53.2 cm³/mol. The summed E-state index contributed by atoms with van der Waals surface area (Å²) in [5.74, 6) is 0.125. The fourth-order valence-electron chi connectivity index (χ4n) is 0.729. The third kappa shape index (κ3) is 8.21. The number of hydrogen-bond acceptors (Lipinski definition) is 3. The lowest BCUT2D eigenvalue weighted by Gasteiger charge is -2.19. The van der Waals surface area contributed by atoms with Crippen molar-refractivity contribution >= 4 is 10.0 Å². The van der Waals surface area contributed by atoms with E-state index < -0.39 is 10.0 Å². The van der Waals surface area contributed by atoms with Crippen LogP contribution in [0.4, 0.5) is 0 Å². The van der Waals surface area contributed by atoms with Crippen LogP contribution in [-0.2, 0) is 14.8 Å². The largest absolute Gasteiger partial charge is 0.376 e. The zero-order chi connectivity index (χ0) is 10.5. The topological polar surface area (TPSA) is 55.4 Å². The summed E-state index contributed by atoms with van der Waals surface area (Å²) in [4.78, 5) is 0. The molecule has 0 bridgehead atoms. The molecule has 1 N–H and O–H groups in total. The fraction of sp³-hybridized carbons (Fsp3) is 1.00. The van der Waals surface area contributed by atoms with Gasteiger partial charge in [0, 0.05) is 6.61 Å². The number of hydrogen-bond donors (Lipinski definition) is 1. The Morgan fingerprint density at radius 2 is 1.85 bits per heavy atom. The third-order valence-corrected chi connectivity index (χ3v) is 2.85. The van der Waals surface area contributed by atoms with Gasteiger partial charge in [-0.3, -0.25) is 0 Å². The molecule has 0 spiro atoms. The molecular weight excluding hydrogens is 190 g/mol. The van der Waals surface area contributed by atoms with E-state index in [9.17, 15) is 8.42 Å². The highest BCUT2D eigenvalue weighted by molar-refractivity contribution is 7.89. The molecule has 13 heavy (non-hydrogen) atoms. The van der Waals surface area contributed by atoms with Gasteiger partial charge in [0.1, 0.15) is 0 Å². The Labute approximate surface area is 80.7 Å². The van der Waals surface area contributed by atoms with E-state index in [0.717, 1.165) is 0 Å². The molecule has 0 rings (SSSR count). The highest BCUT2D eigenvalue weighted by Crippen LogP contribution is 2.06. The summed E-state index contributed by atoms with van der Waals surface area (Å²) in [6.45, 7) is 6.31. The Kier molecular flexibility index (Phi) is 4.88. The molecule has 5 heteroatoms. The fourth-order valence-corrected chi connectivity index (χ4v) is 1.43. The van der Waals surface area contributed by atoms with Crippen LogP contribution in [0, 0.1) is 0 Å². The maximum Gasteiger partial charge on any atom is 0.211 e. The molecule has 0 heterocycles. The predicted octanol–water partition coefficient (Wildman–Crippen LogP) is 0.741. The van der Waals surface area contributed by atoms with Gasteiger partial charge in [-0.1, -0.05) is 0 Å². The van der Waals surface area contributed by atoms with Gasteiger partial charge in [0.2, 0.25) is 10.0 Å². The van der Waals surface area contributed by atoms with Crippen LogP contribution in [0.25, 0.3) is 0 Å². The van der Waals surface area contributed by atoms with E-state index in [2.05, 4.69) is 4.72 Å². The molecule has 0 atom stereocenters. The van der Waals surface area contributed by atoms with E-state index in [0.29, 0.717) is 13.0 Å². The highest BCUT2D eigenvalue weighted by Gasteiger charge is 2.11. The molecule has 0 aromatic rings. The molecule has 0 aromatic carbocycles. The van der Waals surface area contributed by atoms with Crippen LogP contribution in [0.3, 0.4) is 0 Å². The zero-order valence-electron chi connectivity index (χ0n) is 8.75. The monoisotopic (exact) mass is 209 g/mol. The Morgan fingerprint density at radius 3 is 2.23 bits per heavy atom. The first-order valence-electron chi connectivity index (χ1n) is 4.32. The summed E-state index contributed by atoms with van der Waals surface area (Å²) < 4.78 is 29.5. The maximum absolute atomic E-state index is 11.0. The average molecular weight is 209 g/mol. The van der Waals surface area contributed by atoms with Crippen molar-refractivity contribution in [3.8, 4) is 0 Å². The minimum Gasteiger partial charge on any atom is -0.376 e. The quantitative estimate of drug-likeness (QED) is 0.679. The number of rotatable bonds is 5. The minimum atomic E-state index is -3.07. The van der Waals surface area contributed by atoms with Crippen LogP contribution in [-0.4, -0.2) is 33.4 Å². The first kappa shape index (κ1) is 12.9. The Morgan fingerprint density at radius 1 is 1.31 bits per heavy atom. The molecule has 0 aliphatic rings. The molecule has 0 radical (unpaired) electrons. The number of ether oxygens (including phenoxy) is 1. The second kappa shape index (κ2) is 4.93. The molecule has 0 aliphatic carbocycles. The van der Waals surface area contributed by atoms with Gasteiger partial charge in [-0.25, -0.2) is 13.1 Å². The molecule has 0 saturated carbocycles. The lowest BCUT2D eigenvalue weighted by atomic mass is 10.2. The van der Waals surface area contributed by atoms with Crippen LogP contribution < -0.4 is 4.72 Å². The van der Waals surface area contributed by atoms with Gasteiger partial charge in [0.25, 0.3) is 0 Å². The van der Waals surface area contributed by atoms with Crippen LogP contribution in [0.15, 0.2) is 0 Å². The van der Waals surface area contributed by atoms with E-state index in [1.807, 2.05) is 20.8 Å². The SMILES string of the molecule is CNS(=O)(=O)CCCOC(C)(C)C. The normalized spacial score (nSPS) is 13.2. The lowest BCUT2D eigenvalue weighted by Crippen LogP contribution is -2.25. The summed E-state index contributed by atoms with van der Waals surface area (Å²) >= 11 is 0. The summed E-state index contributed by atoms with van der Waals surface area (Å²) in [6.07, 6.45) is 0.528. The Bertz CT molecular complexity index is 228. The van der Waals surface area contributed by atoms with Gasteiger partial charge < -0.3 is 4.74 Å². The van der Waals surface area contributed by atoms with E-state index >= 15 is 0 Å². The lowest BCUT2D eigenvalue weighted by molar-refractivity contribution is -0.00212. The Hall–Kier alpha value is -0.130. The third-order valence-electron chi connectivity index (χ3n) is 1.40. The van der Waals surface area contributed by atoms with Crippen molar-refractivity contribution in [2.75, 3.05) is 19.4 Å². The molecular formula is C8H19NO3S. The van der Waals surface area contributed by atoms with Gasteiger partial charge in [0.05, 0.1) is 11.4 Å². The molecule has 0 unspecified atom stereocenters. The van der Waals surface area contributed by atoms with Gasteiger partial charge in [-0.05, 0) is 34.2 Å². The molecule has 0 aromatic heterocycles. The average Bonchev–Trinajstić information content (AvgIpc) is 1.97. The van der Waals surface area contributed by atoms with E-state index in [4.69, 9.17) is 4.74 Å². The van der Waals surface area contributed by atoms with Crippen LogP contribution in [0.2, 0.25) is 0 Å². The first-order valence-corrected chi connectivity index (χ1v) is 5.97. The minimum absolute atomic E-state index is 0.125. The van der Waals surface area contributed by atoms with Gasteiger partial charge in [-0.2, -0.15) is 0 Å². The molecule has 0 saturated heterocycles. The second-order valence-corrected chi connectivity index (χ2v) is 5.88. The van der Waals surface area contributed by atoms with Crippen LogP contribution in [0.1, 0.15) is 27.2 Å². The van der Waals surface area contributed by atoms with Crippen molar-refractivity contribution in [2.45, 2.75) is 32.8 Å². The summed E-state index contributed by atoms with van der Waals surface area (Å²) in [7, 11) is -1.65. The van der Waals surface area contributed by atoms with Gasteiger partial charge in [0.15, 0.2) is 0 Å². The molecule has 4 nitrogen and oxygen atoms in total. The molecule has 0 aliphatic heterocycles. The van der Waals surface area contributed by atoms with Gasteiger partial charge in [-0.15, -0.1) is 0 Å². The van der Waals surface area contributed by atoms with Crippen molar-refractivity contribution in [1.29, 1.82) is 0 Å². The molecule has 0 amide bonds. The van der Waals surface area contributed by atoms with Crippen LogP contribution >= 0.6 is 0 Å². The number of sulfonamides is 1. The maximum atomic E-state index is 11.0. The summed E-state index contributed by atoms with van der Waals surface area (Å²) in [5, 5.41) is 0. The van der Waals surface area contributed by atoms with E-state index in [-0.39, 0.29) is 11.4 Å². The summed E-state index contributed by atoms with van der Waals surface area (Å²) in [5.41, 5.74) is -0.191. The van der Waals surface area contributed by atoms with Crippen molar-refractivity contribution in [3.63, 3.8) is 0 Å². The van der Waals surface area contributed by atoms with Crippen molar-refractivity contribution in [1.82, 2.24) is 4.72 Å². The molecule has 80 valence electrons. The van der Waals surface area contributed by atoms with E-state index in [1.165, 1.54) is 7.05 Å². The number of nitrogens with one attached hydrogen (secondary N) is 1. The highest BCUT2D eigenvalue weighted by atomic mass is 32.2. The second-order valence-electron chi connectivity index (χ2n) is 3.84. The first-order chi connectivity index (χ1) is 5.77. The van der Waals surface area contributed by atoms with Crippen molar-refractivity contribution in [2.24, 2.45) is 0 Å². The molecule has 0 fully saturated rings. The smallest absolute Gasteiger partial charge is 0.211 e. The van der Waals surface area contributed by atoms with Crippen molar-refractivity contribution in [3.05, 3.63) is 0 Å². The van der Waals surface area contributed by atoms with Gasteiger partial charge >= 0.3 is 0 Å².